The molecule has 6 heteroatoms. The molecule has 4 nitrogen and oxygen atoms in total. The quantitative estimate of drug-likeness (QED) is 0.863. The van der Waals surface area contributed by atoms with Crippen LogP contribution in [0.3, 0.4) is 0 Å². The average Bonchev–Trinajstić information content (AvgIpc) is 2.38. The molecule has 1 atom stereocenters. The minimum atomic E-state index is -3.52. The van der Waals surface area contributed by atoms with E-state index in [1.165, 1.54) is 12.1 Å². The lowest BCUT2D eigenvalue weighted by atomic mass is 10.0. The molecule has 0 radical (unpaired) electrons. The Balaban J connectivity index is 1.96. The van der Waals surface area contributed by atoms with Crippen molar-refractivity contribution < 1.29 is 12.8 Å². The molecule has 2 N–H and O–H groups in total. The lowest BCUT2D eigenvalue weighted by Gasteiger charge is -2.22. The number of hydrogen-bond donors (Lipinski definition) is 2. The van der Waals surface area contributed by atoms with Crippen molar-refractivity contribution in [2.45, 2.75) is 17.7 Å². The van der Waals surface area contributed by atoms with E-state index >= 15 is 0 Å². The van der Waals surface area contributed by atoms with Crippen LogP contribution < -0.4 is 10.0 Å². The van der Waals surface area contributed by atoms with Gasteiger partial charge in [-0.3, -0.25) is 0 Å². The third kappa shape index (κ3) is 3.51. The van der Waals surface area contributed by atoms with Gasteiger partial charge in [-0.05, 0) is 56.1 Å². The van der Waals surface area contributed by atoms with Crippen molar-refractivity contribution in [3.63, 3.8) is 0 Å². The van der Waals surface area contributed by atoms with Gasteiger partial charge in [0.25, 0.3) is 0 Å². The van der Waals surface area contributed by atoms with Crippen molar-refractivity contribution >= 4 is 10.0 Å². The fourth-order valence-electron chi connectivity index (χ4n) is 2.02. The van der Waals surface area contributed by atoms with Crippen LogP contribution in [0.2, 0.25) is 0 Å². The van der Waals surface area contributed by atoms with E-state index in [-0.39, 0.29) is 4.90 Å². The van der Waals surface area contributed by atoms with Crippen LogP contribution in [0.25, 0.3) is 0 Å². The zero-order valence-electron chi connectivity index (χ0n) is 10.0. The molecule has 100 valence electrons. The summed E-state index contributed by atoms with van der Waals surface area (Å²) in [4.78, 5) is 0.104. The minimum absolute atomic E-state index is 0.104. The van der Waals surface area contributed by atoms with Crippen LogP contribution in [-0.2, 0) is 10.0 Å². The van der Waals surface area contributed by atoms with E-state index in [9.17, 15) is 12.8 Å². The molecule has 1 aliphatic heterocycles. The summed E-state index contributed by atoms with van der Waals surface area (Å²) in [6, 6.07) is 4.85. The number of rotatable bonds is 4. The largest absolute Gasteiger partial charge is 0.316 e. The molecule has 1 aromatic rings. The summed E-state index contributed by atoms with van der Waals surface area (Å²) in [5.74, 6) is -0.112. The van der Waals surface area contributed by atoms with E-state index in [1.807, 2.05) is 0 Å². The molecule has 0 aromatic heterocycles. The van der Waals surface area contributed by atoms with Gasteiger partial charge in [-0.25, -0.2) is 17.5 Å². The second-order valence-electron chi connectivity index (χ2n) is 4.52. The van der Waals surface area contributed by atoms with Crippen molar-refractivity contribution in [2.75, 3.05) is 19.6 Å². The van der Waals surface area contributed by atoms with E-state index in [1.54, 1.807) is 0 Å². The molecule has 0 amide bonds. The monoisotopic (exact) mass is 272 g/mol. The first-order valence-electron chi connectivity index (χ1n) is 6.04. The number of benzene rings is 1. The molecular formula is C12H17FN2O2S. The SMILES string of the molecule is O=S(=O)(NC[C@@H]1CCCNC1)c1ccc(F)cc1. The van der Waals surface area contributed by atoms with E-state index in [0.29, 0.717) is 12.5 Å². The Morgan fingerprint density at radius 3 is 2.67 bits per heavy atom. The van der Waals surface area contributed by atoms with Crippen molar-refractivity contribution in [3.05, 3.63) is 30.1 Å². The Hall–Kier alpha value is -0.980. The van der Waals surface area contributed by atoms with Crippen LogP contribution in [0.4, 0.5) is 4.39 Å². The Bertz CT molecular complexity index is 481. The van der Waals surface area contributed by atoms with Crippen molar-refractivity contribution in [2.24, 2.45) is 5.92 Å². The maximum Gasteiger partial charge on any atom is 0.240 e. The van der Waals surface area contributed by atoms with Crippen molar-refractivity contribution in [1.29, 1.82) is 0 Å². The molecule has 0 spiro atoms. The maximum atomic E-state index is 12.7. The van der Waals surface area contributed by atoms with Crippen LogP contribution in [0.1, 0.15) is 12.8 Å². The normalized spacial score (nSPS) is 20.8. The molecule has 1 heterocycles. The van der Waals surface area contributed by atoms with Crippen LogP contribution in [0, 0.1) is 11.7 Å². The van der Waals surface area contributed by atoms with Gasteiger partial charge in [0.05, 0.1) is 4.90 Å². The van der Waals surface area contributed by atoms with Gasteiger partial charge in [-0.2, -0.15) is 0 Å². The first-order valence-corrected chi connectivity index (χ1v) is 7.52. The zero-order chi connectivity index (χ0) is 13.0. The first-order chi connectivity index (χ1) is 8.58. The van der Waals surface area contributed by atoms with E-state index in [0.717, 1.165) is 38.1 Å². The molecule has 2 rings (SSSR count). The van der Waals surface area contributed by atoms with Crippen molar-refractivity contribution in [3.8, 4) is 0 Å². The van der Waals surface area contributed by atoms with Crippen molar-refractivity contribution in [1.82, 2.24) is 10.0 Å². The summed E-state index contributed by atoms with van der Waals surface area (Å²) < 4.78 is 39.2. The molecule has 18 heavy (non-hydrogen) atoms. The lowest BCUT2D eigenvalue weighted by Crippen LogP contribution is -2.38. The van der Waals surface area contributed by atoms with Gasteiger partial charge >= 0.3 is 0 Å². The van der Waals surface area contributed by atoms with Gasteiger partial charge in [0.15, 0.2) is 0 Å². The Labute approximate surface area is 107 Å². The standard InChI is InChI=1S/C12H17FN2O2S/c13-11-3-5-12(6-4-11)18(16,17)15-9-10-2-1-7-14-8-10/h3-6,10,14-15H,1-2,7-9H2/t10-/m1/s1. The highest BCUT2D eigenvalue weighted by atomic mass is 32.2. The zero-order valence-corrected chi connectivity index (χ0v) is 10.8. The van der Waals surface area contributed by atoms with Crippen LogP contribution in [0.5, 0.6) is 0 Å². The van der Waals surface area contributed by atoms with E-state index in [4.69, 9.17) is 0 Å². The molecule has 1 aromatic carbocycles. The summed E-state index contributed by atoms with van der Waals surface area (Å²) in [5.41, 5.74) is 0. The number of sulfonamides is 1. The Morgan fingerprint density at radius 1 is 1.33 bits per heavy atom. The van der Waals surface area contributed by atoms with Gasteiger partial charge in [0, 0.05) is 6.54 Å². The average molecular weight is 272 g/mol. The van der Waals surface area contributed by atoms with Gasteiger partial charge in [0.1, 0.15) is 5.82 Å². The second-order valence-corrected chi connectivity index (χ2v) is 6.29. The van der Waals surface area contributed by atoms with Gasteiger partial charge in [-0.1, -0.05) is 0 Å². The summed E-state index contributed by atoms with van der Waals surface area (Å²) in [6.45, 7) is 2.26. The Morgan fingerprint density at radius 2 is 2.06 bits per heavy atom. The fourth-order valence-corrected chi connectivity index (χ4v) is 3.14. The van der Waals surface area contributed by atoms with E-state index in [2.05, 4.69) is 10.0 Å². The molecule has 0 bridgehead atoms. The number of piperidine rings is 1. The van der Waals surface area contributed by atoms with Gasteiger partial charge < -0.3 is 5.32 Å². The fraction of sp³-hybridized carbons (Fsp3) is 0.500. The topological polar surface area (TPSA) is 58.2 Å². The predicted molar refractivity (Wildman–Crippen MR) is 67.2 cm³/mol. The molecule has 1 aliphatic rings. The number of halogens is 1. The molecule has 0 saturated carbocycles. The summed E-state index contributed by atoms with van der Waals surface area (Å²) in [6.07, 6.45) is 2.10. The first kappa shape index (κ1) is 13.5. The predicted octanol–water partition coefficient (Wildman–Crippen LogP) is 1.10. The third-order valence-corrected chi connectivity index (χ3v) is 4.52. The molecule has 1 fully saturated rings. The molecule has 0 aliphatic carbocycles. The highest BCUT2D eigenvalue weighted by molar-refractivity contribution is 7.89. The van der Waals surface area contributed by atoms with E-state index < -0.39 is 15.8 Å². The second kappa shape index (κ2) is 5.77. The highest BCUT2D eigenvalue weighted by Gasteiger charge is 2.18. The summed E-state index contributed by atoms with van der Waals surface area (Å²) in [7, 11) is -3.52. The number of nitrogens with one attached hydrogen (secondary N) is 2. The van der Waals surface area contributed by atoms with Crippen LogP contribution in [0.15, 0.2) is 29.2 Å². The Kier molecular flexibility index (Phi) is 4.31. The van der Waals surface area contributed by atoms with Gasteiger partial charge in [-0.15, -0.1) is 0 Å². The van der Waals surface area contributed by atoms with Gasteiger partial charge in [0.2, 0.25) is 10.0 Å². The minimum Gasteiger partial charge on any atom is -0.316 e. The van der Waals surface area contributed by atoms with Crippen LogP contribution >= 0.6 is 0 Å². The third-order valence-electron chi connectivity index (χ3n) is 3.08. The smallest absolute Gasteiger partial charge is 0.240 e. The van der Waals surface area contributed by atoms with Crippen LogP contribution in [-0.4, -0.2) is 28.1 Å². The molecule has 1 saturated heterocycles. The highest BCUT2D eigenvalue weighted by Crippen LogP contribution is 2.12. The summed E-state index contributed by atoms with van der Waals surface area (Å²) in [5, 5.41) is 3.23. The summed E-state index contributed by atoms with van der Waals surface area (Å²) >= 11 is 0. The maximum absolute atomic E-state index is 12.7. The lowest BCUT2D eigenvalue weighted by molar-refractivity contribution is 0.376. The number of hydrogen-bond acceptors (Lipinski definition) is 3. The molecule has 0 unspecified atom stereocenters. The molecular weight excluding hydrogens is 255 g/mol.